The van der Waals surface area contributed by atoms with E-state index in [-0.39, 0.29) is 18.4 Å². The Labute approximate surface area is 160 Å². The molecule has 0 N–H and O–H groups in total. The maximum atomic E-state index is 12.6. The van der Waals surface area contributed by atoms with Crippen LogP contribution in [0.4, 0.5) is 18.0 Å². The fourth-order valence-corrected chi connectivity index (χ4v) is 2.70. The second kappa shape index (κ2) is 8.17. The quantitative estimate of drug-likeness (QED) is 0.660. The number of rotatable bonds is 7. The van der Waals surface area contributed by atoms with E-state index in [0.29, 0.717) is 24.6 Å². The lowest BCUT2D eigenvalue weighted by atomic mass is 10.1. The zero-order chi connectivity index (χ0) is 20.3. The Morgan fingerprint density at radius 1 is 1.29 bits per heavy atom. The molecule has 0 saturated heterocycles. The first kappa shape index (κ1) is 20.1. The molecule has 0 aliphatic heterocycles. The maximum absolute atomic E-state index is 12.6. The first-order chi connectivity index (χ1) is 13.3. The third-order valence-electron chi connectivity index (χ3n) is 4.47. The van der Waals surface area contributed by atoms with Crippen molar-refractivity contribution in [3.8, 4) is 11.4 Å². The van der Waals surface area contributed by atoms with Gasteiger partial charge < -0.3 is 9.42 Å². The van der Waals surface area contributed by atoms with Gasteiger partial charge in [0.1, 0.15) is 0 Å². The van der Waals surface area contributed by atoms with E-state index in [0.717, 1.165) is 18.4 Å². The Hall–Kier alpha value is -2.62. The number of hydrogen-bond donors (Lipinski definition) is 0. The number of carbonyl (C=O) groups is 1. The summed E-state index contributed by atoms with van der Waals surface area (Å²) in [6, 6.07) is 6.28. The lowest BCUT2D eigenvalue weighted by Crippen LogP contribution is -2.43. The Balaban J connectivity index is 1.66. The SMILES string of the molecule is CCN(CC1CC1)C(=O)N(Cc1ccc(-c2noc(C(F)(F)F)n2)cc1)OC. The monoisotopic (exact) mass is 398 g/mol. The zero-order valence-electron chi connectivity index (χ0n) is 15.6. The van der Waals surface area contributed by atoms with Crippen LogP contribution in [0.3, 0.4) is 0 Å². The van der Waals surface area contributed by atoms with Crippen molar-refractivity contribution in [3.05, 3.63) is 35.7 Å². The molecule has 28 heavy (non-hydrogen) atoms. The van der Waals surface area contributed by atoms with Crippen LogP contribution >= 0.6 is 0 Å². The van der Waals surface area contributed by atoms with E-state index < -0.39 is 12.1 Å². The zero-order valence-corrected chi connectivity index (χ0v) is 15.6. The number of halogens is 3. The first-order valence-corrected chi connectivity index (χ1v) is 8.92. The lowest BCUT2D eigenvalue weighted by molar-refractivity contribution is -0.159. The summed E-state index contributed by atoms with van der Waals surface area (Å²) in [5, 5.41) is 4.61. The van der Waals surface area contributed by atoms with Crippen molar-refractivity contribution in [2.75, 3.05) is 20.2 Å². The number of urea groups is 1. The van der Waals surface area contributed by atoms with E-state index in [1.807, 2.05) is 6.92 Å². The standard InChI is InChI=1S/C18H21F3N4O3/c1-3-24(10-12-4-5-12)17(26)25(27-2)11-13-6-8-14(9-7-13)15-22-16(28-23-15)18(19,20)21/h6-9,12H,3-5,10-11H2,1-2H3. The fourth-order valence-electron chi connectivity index (χ4n) is 2.70. The van der Waals surface area contributed by atoms with Gasteiger partial charge in [-0.3, -0.25) is 4.84 Å². The Morgan fingerprint density at radius 2 is 1.96 bits per heavy atom. The molecule has 152 valence electrons. The highest BCUT2D eigenvalue weighted by Crippen LogP contribution is 2.30. The van der Waals surface area contributed by atoms with Crippen LogP contribution in [0.25, 0.3) is 11.4 Å². The van der Waals surface area contributed by atoms with Crippen molar-refractivity contribution in [2.45, 2.75) is 32.5 Å². The molecule has 0 spiro atoms. The topological polar surface area (TPSA) is 71.7 Å². The first-order valence-electron chi connectivity index (χ1n) is 8.92. The molecule has 0 bridgehead atoms. The van der Waals surface area contributed by atoms with Crippen molar-refractivity contribution in [1.82, 2.24) is 20.1 Å². The van der Waals surface area contributed by atoms with Crippen LogP contribution in [-0.2, 0) is 17.6 Å². The molecular formula is C18H21F3N4O3. The van der Waals surface area contributed by atoms with Crippen LogP contribution in [0.2, 0.25) is 0 Å². The van der Waals surface area contributed by atoms with E-state index in [1.165, 1.54) is 12.2 Å². The summed E-state index contributed by atoms with van der Waals surface area (Å²) in [4.78, 5) is 23.0. The Bertz CT molecular complexity index is 803. The molecule has 1 aliphatic rings. The molecule has 1 aromatic carbocycles. The molecule has 10 heteroatoms. The van der Waals surface area contributed by atoms with E-state index >= 15 is 0 Å². The summed E-state index contributed by atoms with van der Waals surface area (Å²) < 4.78 is 41.9. The van der Waals surface area contributed by atoms with Gasteiger partial charge in [-0.2, -0.15) is 23.2 Å². The molecule has 0 radical (unpaired) electrons. The van der Waals surface area contributed by atoms with E-state index in [4.69, 9.17) is 4.84 Å². The van der Waals surface area contributed by atoms with Gasteiger partial charge in [-0.05, 0) is 31.2 Å². The predicted octanol–water partition coefficient (Wildman–Crippen LogP) is 3.97. The van der Waals surface area contributed by atoms with Gasteiger partial charge >= 0.3 is 18.1 Å². The smallest absolute Gasteiger partial charge is 0.329 e. The second-order valence-corrected chi connectivity index (χ2v) is 6.60. The second-order valence-electron chi connectivity index (χ2n) is 6.60. The molecule has 1 aromatic heterocycles. The average molecular weight is 398 g/mol. The third kappa shape index (κ3) is 4.80. The van der Waals surface area contributed by atoms with Crippen molar-refractivity contribution in [2.24, 2.45) is 5.92 Å². The van der Waals surface area contributed by atoms with Crippen molar-refractivity contribution in [3.63, 3.8) is 0 Å². The molecule has 1 aliphatic carbocycles. The summed E-state index contributed by atoms with van der Waals surface area (Å²) in [5.41, 5.74) is 1.13. The minimum absolute atomic E-state index is 0.153. The fraction of sp³-hybridized carbons (Fsp3) is 0.500. The number of carbonyl (C=O) groups excluding carboxylic acids is 1. The average Bonchev–Trinajstić information content (AvgIpc) is 3.34. The summed E-state index contributed by atoms with van der Waals surface area (Å²) >= 11 is 0. The van der Waals surface area contributed by atoms with E-state index in [1.54, 1.807) is 29.2 Å². The lowest BCUT2D eigenvalue weighted by Gasteiger charge is -2.28. The van der Waals surface area contributed by atoms with Crippen LogP contribution in [0, 0.1) is 5.92 Å². The molecule has 1 saturated carbocycles. The number of aromatic nitrogens is 2. The van der Waals surface area contributed by atoms with Crippen LogP contribution in [-0.4, -0.2) is 46.3 Å². The van der Waals surface area contributed by atoms with Crippen LogP contribution in [0.5, 0.6) is 0 Å². The Morgan fingerprint density at radius 3 is 2.46 bits per heavy atom. The molecule has 3 rings (SSSR count). The third-order valence-corrected chi connectivity index (χ3v) is 4.47. The summed E-state index contributed by atoms with van der Waals surface area (Å²) in [6.45, 7) is 3.43. The van der Waals surface area contributed by atoms with Crippen LogP contribution in [0.1, 0.15) is 31.2 Å². The van der Waals surface area contributed by atoms with Crippen molar-refractivity contribution in [1.29, 1.82) is 0 Å². The summed E-state index contributed by atoms with van der Waals surface area (Å²) in [7, 11) is 1.43. The largest absolute Gasteiger partial charge is 0.471 e. The number of hydrogen-bond acceptors (Lipinski definition) is 5. The minimum Gasteiger partial charge on any atom is -0.329 e. The normalized spacial score (nSPS) is 14.2. The van der Waals surface area contributed by atoms with Gasteiger partial charge in [-0.25, -0.2) is 4.79 Å². The minimum atomic E-state index is -4.68. The van der Waals surface area contributed by atoms with Crippen molar-refractivity contribution >= 4 is 6.03 Å². The van der Waals surface area contributed by atoms with Gasteiger partial charge in [0.05, 0.1) is 13.7 Å². The Kier molecular flexibility index (Phi) is 5.87. The van der Waals surface area contributed by atoms with Gasteiger partial charge in [0, 0.05) is 18.7 Å². The van der Waals surface area contributed by atoms with Crippen LogP contribution < -0.4 is 0 Å². The molecule has 0 unspecified atom stereocenters. The number of benzene rings is 1. The molecule has 1 heterocycles. The van der Waals surface area contributed by atoms with Gasteiger partial charge in [0.25, 0.3) is 0 Å². The van der Waals surface area contributed by atoms with Crippen molar-refractivity contribution < 1.29 is 27.3 Å². The number of hydroxylamine groups is 2. The molecule has 7 nitrogen and oxygen atoms in total. The molecular weight excluding hydrogens is 377 g/mol. The molecule has 1 fully saturated rings. The number of amides is 2. The number of alkyl halides is 3. The molecule has 2 amide bonds. The highest BCUT2D eigenvalue weighted by molar-refractivity contribution is 5.73. The maximum Gasteiger partial charge on any atom is 0.471 e. The number of nitrogens with zero attached hydrogens (tertiary/aromatic N) is 4. The van der Waals surface area contributed by atoms with Crippen LogP contribution in [0.15, 0.2) is 28.8 Å². The van der Waals surface area contributed by atoms with Gasteiger partial charge in [0.15, 0.2) is 0 Å². The van der Waals surface area contributed by atoms with Gasteiger partial charge in [-0.1, -0.05) is 29.4 Å². The molecule has 0 atom stereocenters. The van der Waals surface area contributed by atoms with Gasteiger partial charge in [0.2, 0.25) is 5.82 Å². The summed E-state index contributed by atoms with van der Waals surface area (Å²) in [5.74, 6) is -0.975. The highest BCUT2D eigenvalue weighted by Gasteiger charge is 2.38. The van der Waals surface area contributed by atoms with E-state index in [2.05, 4.69) is 14.7 Å². The predicted molar refractivity (Wildman–Crippen MR) is 92.7 cm³/mol. The highest BCUT2D eigenvalue weighted by atomic mass is 19.4. The summed E-state index contributed by atoms with van der Waals surface area (Å²) in [6.07, 6.45) is -2.40. The van der Waals surface area contributed by atoms with Gasteiger partial charge in [-0.15, -0.1) is 0 Å². The van der Waals surface area contributed by atoms with E-state index in [9.17, 15) is 18.0 Å². The molecule has 2 aromatic rings.